The van der Waals surface area contributed by atoms with Crippen LogP contribution in [0.3, 0.4) is 0 Å². The first-order valence-electron chi connectivity index (χ1n) is 5.51. The molecule has 0 N–H and O–H groups in total. The third-order valence-electron chi connectivity index (χ3n) is 2.91. The Hall–Kier alpha value is -1.54. The predicted octanol–water partition coefficient (Wildman–Crippen LogP) is 1.67. The van der Waals surface area contributed by atoms with E-state index in [1.54, 1.807) is 7.11 Å². The molecular weight excluding hydrogens is 212 g/mol. The van der Waals surface area contributed by atoms with Crippen LogP contribution in [0.2, 0.25) is 6.55 Å². The van der Waals surface area contributed by atoms with E-state index in [1.165, 1.54) is 10.4 Å². The monoisotopic (exact) mass is 228 g/mol. The first-order valence-corrected chi connectivity index (χ1v) is 7.81. The van der Waals surface area contributed by atoms with Crippen LogP contribution in [-0.2, 0) is 0 Å². The van der Waals surface area contributed by atoms with Gasteiger partial charge in [-0.15, -0.1) is 0 Å². The first-order chi connectivity index (χ1) is 7.83. The van der Waals surface area contributed by atoms with E-state index in [-0.39, 0.29) is 0 Å². The van der Waals surface area contributed by atoms with Gasteiger partial charge in [-0.05, 0) is 11.3 Å². The molecule has 16 heavy (non-hydrogen) atoms. The van der Waals surface area contributed by atoms with Crippen LogP contribution in [0.5, 0.6) is 5.75 Å². The zero-order valence-electron chi connectivity index (χ0n) is 9.68. The molecule has 1 nitrogen and oxygen atoms in total. The summed E-state index contributed by atoms with van der Waals surface area (Å²) in [4.78, 5) is 0. The Bertz CT molecular complexity index is 453. The molecule has 0 radical (unpaired) electrons. The van der Waals surface area contributed by atoms with E-state index in [9.17, 15) is 0 Å². The lowest BCUT2D eigenvalue weighted by atomic mass is 10.3. The molecule has 0 saturated carbocycles. The maximum Gasteiger partial charge on any atom is 0.118 e. The van der Waals surface area contributed by atoms with Gasteiger partial charge in [0, 0.05) is 0 Å². The molecule has 2 aromatic carbocycles. The molecule has 0 aliphatic rings. The third kappa shape index (κ3) is 2.17. The van der Waals surface area contributed by atoms with Crippen LogP contribution in [0, 0.1) is 0 Å². The van der Waals surface area contributed by atoms with Crippen LogP contribution in [0.25, 0.3) is 0 Å². The number of para-hydroxylation sites is 1. The Labute approximate surface area is 98.3 Å². The molecule has 0 saturated heterocycles. The molecule has 0 aromatic heterocycles. The molecular formula is C14H16OSi. The van der Waals surface area contributed by atoms with Gasteiger partial charge in [-0.1, -0.05) is 60.3 Å². The van der Waals surface area contributed by atoms with Crippen molar-refractivity contribution < 1.29 is 4.74 Å². The average molecular weight is 228 g/mol. The Morgan fingerprint density at radius 3 is 2.19 bits per heavy atom. The van der Waals surface area contributed by atoms with E-state index in [1.807, 2.05) is 12.1 Å². The maximum atomic E-state index is 5.42. The van der Waals surface area contributed by atoms with Crippen LogP contribution < -0.4 is 15.1 Å². The van der Waals surface area contributed by atoms with Crippen molar-refractivity contribution in [2.24, 2.45) is 0 Å². The van der Waals surface area contributed by atoms with Gasteiger partial charge in [-0.25, -0.2) is 0 Å². The quantitative estimate of drug-likeness (QED) is 0.726. The SMILES string of the molecule is COc1ccccc1[Si@H](C)c1ccccc1. The Kier molecular flexibility index (Phi) is 3.42. The van der Waals surface area contributed by atoms with Crippen LogP contribution in [0.15, 0.2) is 54.6 Å². The molecule has 0 heterocycles. The molecule has 82 valence electrons. The highest BCUT2D eigenvalue weighted by Gasteiger charge is 2.13. The van der Waals surface area contributed by atoms with Crippen LogP contribution in [-0.4, -0.2) is 15.9 Å². The fraction of sp³-hybridized carbons (Fsp3) is 0.143. The van der Waals surface area contributed by atoms with E-state index in [4.69, 9.17) is 4.74 Å². The molecule has 2 heteroatoms. The fourth-order valence-corrected chi connectivity index (χ4v) is 4.14. The number of hydrogen-bond donors (Lipinski definition) is 0. The highest BCUT2D eigenvalue weighted by molar-refractivity contribution is 6.84. The summed E-state index contributed by atoms with van der Waals surface area (Å²) in [5.41, 5.74) is 0. The number of benzene rings is 2. The van der Waals surface area contributed by atoms with Gasteiger partial charge >= 0.3 is 0 Å². The van der Waals surface area contributed by atoms with Crippen molar-refractivity contribution in [1.29, 1.82) is 0 Å². The molecule has 0 spiro atoms. The molecule has 2 aromatic rings. The second-order valence-electron chi connectivity index (χ2n) is 3.87. The van der Waals surface area contributed by atoms with Gasteiger partial charge in [0.25, 0.3) is 0 Å². The van der Waals surface area contributed by atoms with Gasteiger partial charge in [0.15, 0.2) is 0 Å². The largest absolute Gasteiger partial charge is 0.497 e. The van der Waals surface area contributed by atoms with E-state index < -0.39 is 8.80 Å². The smallest absolute Gasteiger partial charge is 0.118 e. The van der Waals surface area contributed by atoms with Crippen molar-refractivity contribution in [3.63, 3.8) is 0 Å². The lowest BCUT2D eigenvalue weighted by Crippen LogP contribution is -2.39. The summed E-state index contributed by atoms with van der Waals surface area (Å²) >= 11 is 0. The zero-order chi connectivity index (χ0) is 11.4. The van der Waals surface area contributed by atoms with Crippen molar-refractivity contribution >= 4 is 19.2 Å². The summed E-state index contributed by atoms with van der Waals surface area (Å²) in [6, 6.07) is 19.0. The van der Waals surface area contributed by atoms with Crippen molar-refractivity contribution in [2.75, 3.05) is 7.11 Å². The Balaban J connectivity index is 2.37. The van der Waals surface area contributed by atoms with Crippen LogP contribution in [0.4, 0.5) is 0 Å². The van der Waals surface area contributed by atoms with Crippen LogP contribution >= 0.6 is 0 Å². The molecule has 0 aliphatic carbocycles. The number of hydrogen-bond acceptors (Lipinski definition) is 1. The minimum Gasteiger partial charge on any atom is -0.497 e. The van der Waals surface area contributed by atoms with Gasteiger partial charge in [0.2, 0.25) is 0 Å². The third-order valence-corrected chi connectivity index (χ3v) is 5.70. The minimum absolute atomic E-state index is 1.02. The molecule has 1 atom stereocenters. The summed E-state index contributed by atoms with van der Waals surface area (Å²) in [6.07, 6.45) is 0. The van der Waals surface area contributed by atoms with E-state index >= 15 is 0 Å². The van der Waals surface area contributed by atoms with E-state index in [0.29, 0.717) is 0 Å². The normalized spacial score (nSPS) is 12.1. The summed E-state index contributed by atoms with van der Waals surface area (Å²) in [7, 11) is 0.640. The van der Waals surface area contributed by atoms with Gasteiger partial charge in [-0.2, -0.15) is 0 Å². The molecule has 0 bridgehead atoms. The molecule has 0 amide bonds. The van der Waals surface area contributed by atoms with Gasteiger partial charge in [-0.3, -0.25) is 0 Å². The van der Waals surface area contributed by atoms with Crippen molar-refractivity contribution in [1.82, 2.24) is 0 Å². The van der Waals surface area contributed by atoms with Crippen molar-refractivity contribution in [2.45, 2.75) is 6.55 Å². The van der Waals surface area contributed by atoms with E-state index in [2.05, 4.69) is 49.0 Å². The first kappa shape index (κ1) is 11.0. The lowest BCUT2D eigenvalue weighted by Gasteiger charge is -2.14. The van der Waals surface area contributed by atoms with Gasteiger partial charge in [0.05, 0.1) is 7.11 Å². The topological polar surface area (TPSA) is 9.23 Å². The summed E-state index contributed by atoms with van der Waals surface area (Å²) in [6.45, 7) is 2.34. The van der Waals surface area contributed by atoms with Gasteiger partial charge in [0.1, 0.15) is 14.5 Å². The predicted molar refractivity (Wildman–Crippen MR) is 71.7 cm³/mol. The number of methoxy groups -OCH3 is 1. The second kappa shape index (κ2) is 4.99. The summed E-state index contributed by atoms with van der Waals surface area (Å²) in [5, 5.41) is 2.82. The summed E-state index contributed by atoms with van der Waals surface area (Å²) in [5.74, 6) is 1.02. The zero-order valence-corrected chi connectivity index (χ0v) is 10.8. The highest BCUT2D eigenvalue weighted by Crippen LogP contribution is 2.07. The van der Waals surface area contributed by atoms with E-state index in [0.717, 1.165) is 5.75 Å². The molecule has 2 rings (SSSR count). The number of ether oxygens (including phenoxy) is 1. The van der Waals surface area contributed by atoms with Crippen LogP contribution in [0.1, 0.15) is 0 Å². The fourth-order valence-electron chi connectivity index (χ4n) is 1.95. The molecule has 0 fully saturated rings. The average Bonchev–Trinajstić information content (AvgIpc) is 2.39. The molecule has 0 aliphatic heterocycles. The van der Waals surface area contributed by atoms with Crippen molar-refractivity contribution in [3.8, 4) is 5.75 Å². The van der Waals surface area contributed by atoms with Gasteiger partial charge < -0.3 is 4.74 Å². The lowest BCUT2D eigenvalue weighted by molar-refractivity contribution is 0.418. The molecule has 0 unspecified atom stereocenters. The highest BCUT2D eigenvalue weighted by atomic mass is 28.3. The Morgan fingerprint density at radius 2 is 1.50 bits per heavy atom. The maximum absolute atomic E-state index is 5.42. The standard InChI is InChI=1S/C14H16OSi/c1-15-13-10-6-7-11-14(13)16(2)12-8-4-3-5-9-12/h3-11,16H,1-2H3/t16-/m1/s1. The minimum atomic E-state index is -1.10. The second-order valence-corrected chi connectivity index (χ2v) is 6.61. The van der Waals surface area contributed by atoms with Crippen molar-refractivity contribution in [3.05, 3.63) is 54.6 Å². The summed E-state index contributed by atoms with van der Waals surface area (Å²) < 4.78 is 5.42. The Morgan fingerprint density at radius 1 is 0.875 bits per heavy atom. The number of rotatable bonds is 3.